The van der Waals surface area contributed by atoms with Crippen LogP contribution in [0.25, 0.3) is 0 Å². The highest BCUT2D eigenvalue weighted by Crippen LogP contribution is 2.41. The van der Waals surface area contributed by atoms with Gasteiger partial charge >= 0.3 is 0 Å². The van der Waals surface area contributed by atoms with E-state index >= 15 is 0 Å². The van der Waals surface area contributed by atoms with E-state index in [1.165, 1.54) is 70.0 Å². The molecule has 0 spiro atoms. The molecule has 0 radical (unpaired) electrons. The molecule has 1 unspecified atom stereocenters. The van der Waals surface area contributed by atoms with Crippen molar-refractivity contribution in [2.24, 2.45) is 0 Å². The first-order chi connectivity index (χ1) is 10.3. The summed E-state index contributed by atoms with van der Waals surface area (Å²) in [6, 6.07) is 2.95. The van der Waals surface area contributed by atoms with E-state index in [9.17, 15) is 0 Å². The van der Waals surface area contributed by atoms with Crippen LogP contribution in [0.2, 0.25) is 0 Å². The third kappa shape index (κ3) is 3.35. The lowest BCUT2D eigenvalue weighted by Gasteiger charge is -2.45. The van der Waals surface area contributed by atoms with Crippen LogP contribution in [0.3, 0.4) is 0 Å². The summed E-state index contributed by atoms with van der Waals surface area (Å²) in [4.78, 5) is 2.85. The number of thiophene rings is 1. The van der Waals surface area contributed by atoms with Crippen molar-refractivity contribution in [3.05, 3.63) is 22.4 Å². The topological polar surface area (TPSA) is 15.3 Å². The maximum Gasteiger partial charge on any atom is 0.0365 e. The van der Waals surface area contributed by atoms with Gasteiger partial charge < -0.3 is 5.32 Å². The number of hydrogen-bond donors (Lipinski definition) is 1. The summed E-state index contributed by atoms with van der Waals surface area (Å²) in [6.07, 6.45) is 10.9. The highest BCUT2D eigenvalue weighted by Gasteiger charge is 2.46. The molecule has 2 nitrogen and oxygen atoms in total. The Kier molecular flexibility index (Phi) is 5.36. The van der Waals surface area contributed by atoms with Gasteiger partial charge in [-0.05, 0) is 80.5 Å². The average molecular weight is 307 g/mol. The van der Waals surface area contributed by atoms with Gasteiger partial charge in [0.15, 0.2) is 0 Å². The highest BCUT2D eigenvalue weighted by atomic mass is 32.1. The fourth-order valence-corrected chi connectivity index (χ4v) is 5.13. The number of hydrogen-bond acceptors (Lipinski definition) is 3. The summed E-state index contributed by atoms with van der Waals surface area (Å²) in [5, 5.41) is 8.50. The monoisotopic (exact) mass is 306 g/mol. The molecule has 2 aliphatic rings. The predicted octanol–water partition coefficient (Wildman–Crippen LogP) is 4.07. The van der Waals surface area contributed by atoms with E-state index in [-0.39, 0.29) is 0 Å². The van der Waals surface area contributed by atoms with Crippen LogP contribution in [0.5, 0.6) is 0 Å². The summed E-state index contributed by atoms with van der Waals surface area (Å²) in [7, 11) is 0. The summed E-state index contributed by atoms with van der Waals surface area (Å²) in [5.74, 6) is 0. The molecule has 1 aromatic rings. The Labute approximate surface area is 133 Å². The van der Waals surface area contributed by atoms with Crippen molar-refractivity contribution in [2.75, 3.05) is 19.6 Å². The summed E-state index contributed by atoms with van der Waals surface area (Å²) >= 11 is 1.84. The second-order valence-corrected chi connectivity index (χ2v) is 7.63. The van der Waals surface area contributed by atoms with Crippen LogP contribution < -0.4 is 5.32 Å². The molecule has 1 saturated heterocycles. The lowest BCUT2D eigenvalue weighted by molar-refractivity contribution is 0.0766. The van der Waals surface area contributed by atoms with Gasteiger partial charge in [0, 0.05) is 11.6 Å². The molecule has 3 heteroatoms. The molecule has 1 aromatic heterocycles. The minimum Gasteiger partial charge on any atom is -0.312 e. The standard InChI is InChI=1S/C18H30N2S/c1-2-10-19-17(14-16-7-13-21-15-16)18(8-3-4-9-18)20-11-5-6-12-20/h7,13,15,17,19H,2-6,8-12,14H2,1H3. The van der Waals surface area contributed by atoms with Crippen molar-refractivity contribution < 1.29 is 0 Å². The molecule has 3 rings (SSSR count). The molecule has 1 saturated carbocycles. The van der Waals surface area contributed by atoms with Gasteiger partial charge in [-0.2, -0.15) is 11.3 Å². The first-order valence-corrected chi connectivity index (χ1v) is 9.79. The zero-order valence-electron chi connectivity index (χ0n) is 13.4. The molecule has 1 aliphatic heterocycles. The smallest absolute Gasteiger partial charge is 0.0365 e. The van der Waals surface area contributed by atoms with Gasteiger partial charge in [0.2, 0.25) is 0 Å². The highest BCUT2D eigenvalue weighted by molar-refractivity contribution is 7.07. The van der Waals surface area contributed by atoms with Crippen LogP contribution >= 0.6 is 11.3 Å². The molecule has 1 aliphatic carbocycles. The fraction of sp³-hybridized carbons (Fsp3) is 0.778. The molecule has 1 atom stereocenters. The second kappa shape index (κ2) is 7.26. The Morgan fingerprint density at radius 1 is 1.24 bits per heavy atom. The SMILES string of the molecule is CCCNC(Cc1ccsc1)C1(N2CCCC2)CCCC1. The van der Waals surface area contributed by atoms with E-state index < -0.39 is 0 Å². The van der Waals surface area contributed by atoms with Crippen molar-refractivity contribution in [1.29, 1.82) is 0 Å². The Morgan fingerprint density at radius 2 is 2.00 bits per heavy atom. The first kappa shape index (κ1) is 15.5. The molecule has 2 heterocycles. The van der Waals surface area contributed by atoms with Gasteiger partial charge in [0.25, 0.3) is 0 Å². The van der Waals surface area contributed by atoms with Crippen LogP contribution in [0.4, 0.5) is 0 Å². The summed E-state index contributed by atoms with van der Waals surface area (Å²) in [6.45, 7) is 6.10. The quantitative estimate of drug-likeness (QED) is 0.817. The Hall–Kier alpha value is -0.380. The van der Waals surface area contributed by atoms with Crippen molar-refractivity contribution in [3.63, 3.8) is 0 Å². The zero-order valence-corrected chi connectivity index (χ0v) is 14.3. The van der Waals surface area contributed by atoms with Crippen molar-refractivity contribution in [1.82, 2.24) is 10.2 Å². The van der Waals surface area contributed by atoms with Crippen molar-refractivity contribution >= 4 is 11.3 Å². The van der Waals surface area contributed by atoms with Crippen molar-refractivity contribution in [2.45, 2.75) is 69.9 Å². The minimum absolute atomic E-state index is 0.438. The van der Waals surface area contributed by atoms with E-state index in [4.69, 9.17) is 0 Å². The van der Waals surface area contributed by atoms with Gasteiger partial charge in [-0.1, -0.05) is 19.8 Å². The van der Waals surface area contributed by atoms with Gasteiger partial charge in [0.05, 0.1) is 0 Å². The summed E-state index contributed by atoms with van der Waals surface area (Å²) in [5.41, 5.74) is 1.97. The van der Waals surface area contributed by atoms with E-state index in [0.29, 0.717) is 11.6 Å². The third-order valence-electron chi connectivity index (χ3n) is 5.51. The summed E-state index contributed by atoms with van der Waals surface area (Å²) < 4.78 is 0. The van der Waals surface area contributed by atoms with Gasteiger partial charge in [0.1, 0.15) is 0 Å². The lowest BCUT2D eigenvalue weighted by Crippen LogP contribution is -2.60. The van der Waals surface area contributed by atoms with Crippen LogP contribution in [-0.2, 0) is 6.42 Å². The second-order valence-electron chi connectivity index (χ2n) is 6.85. The third-order valence-corrected chi connectivity index (χ3v) is 6.25. The van der Waals surface area contributed by atoms with E-state index in [2.05, 4.69) is 34.0 Å². The maximum absolute atomic E-state index is 3.93. The predicted molar refractivity (Wildman–Crippen MR) is 92.1 cm³/mol. The molecular formula is C18H30N2S. The van der Waals surface area contributed by atoms with Gasteiger partial charge in [-0.25, -0.2) is 0 Å². The van der Waals surface area contributed by atoms with Gasteiger partial charge in [-0.3, -0.25) is 4.90 Å². The molecule has 1 N–H and O–H groups in total. The number of nitrogens with zero attached hydrogens (tertiary/aromatic N) is 1. The Bertz CT molecular complexity index is 403. The number of likely N-dealkylation sites (tertiary alicyclic amines) is 1. The van der Waals surface area contributed by atoms with Crippen molar-refractivity contribution in [3.8, 4) is 0 Å². The van der Waals surface area contributed by atoms with E-state index in [1.807, 2.05) is 11.3 Å². The zero-order chi connectivity index (χ0) is 14.5. The van der Waals surface area contributed by atoms with E-state index in [1.54, 1.807) is 0 Å². The van der Waals surface area contributed by atoms with E-state index in [0.717, 1.165) is 6.54 Å². The Morgan fingerprint density at radius 3 is 2.62 bits per heavy atom. The molecule has 118 valence electrons. The molecule has 21 heavy (non-hydrogen) atoms. The van der Waals surface area contributed by atoms with Gasteiger partial charge in [-0.15, -0.1) is 0 Å². The average Bonchev–Trinajstić information content (AvgIpc) is 3.25. The lowest BCUT2D eigenvalue weighted by atomic mass is 9.83. The molecule has 0 aromatic carbocycles. The van der Waals surface area contributed by atoms with Crippen LogP contribution in [0, 0.1) is 0 Å². The minimum atomic E-state index is 0.438. The number of nitrogens with one attached hydrogen (secondary N) is 1. The maximum atomic E-state index is 3.93. The fourth-order valence-electron chi connectivity index (χ4n) is 4.45. The number of rotatable bonds is 7. The Balaban J connectivity index is 1.80. The molecule has 0 bridgehead atoms. The largest absolute Gasteiger partial charge is 0.312 e. The van der Waals surface area contributed by atoms with Crippen LogP contribution in [-0.4, -0.2) is 36.1 Å². The van der Waals surface area contributed by atoms with Crippen LogP contribution in [0.15, 0.2) is 16.8 Å². The molecule has 0 amide bonds. The normalized spacial score (nSPS) is 23.7. The molecule has 2 fully saturated rings. The van der Waals surface area contributed by atoms with Crippen LogP contribution in [0.1, 0.15) is 57.4 Å². The first-order valence-electron chi connectivity index (χ1n) is 8.85. The molecular weight excluding hydrogens is 276 g/mol.